The number of anilines is 3. The second-order valence-corrected chi connectivity index (χ2v) is 11.3. The summed E-state index contributed by atoms with van der Waals surface area (Å²) >= 11 is 1.95. The van der Waals surface area contributed by atoms with Crippen LogP contribution < -0.4 is 10.6 Å². The van der Waals surface area contributed by atoms with Crippen molar-refractivity contribution in [2.24, 2.45) is 5.92 Å². The first-order valence-electron chi connectivity index (χ1n) is 10.7. The number of thiophene rings is 1. The molecule has 2 N–H and O–H groups in total. The average molecular weight is 413 g/mol. The second kappa shape index (κ2) is 7.46. The number of carbonyl (C=O) groups excluding carboxylic acids is 1. The second-order valence-electron chi connectivity index (χ2n) is 10.3. The Bertz CT molecular complexity index is 937. The van der Waals surface area contributed by atoms with Crippen LogP contribution in [0.4, 0.5) is 16.4 Å². The number of carbonyl (C=O) groups is 1. The molecule has 0 spiro atoms. The first-order chi connectivity index (χ1) is 13.3. The van der Waals surface area contributed by atoms with Gasteiger partial charge in [0.15, 0.2) is 5.78 Å². The van der Waals surface area contributed by atoms with Gasteiger partial charge < -0.3 is 10.6 Å². The van der Waals surface area contributed by atoms with Crippen molar-refractivity contribution in [3.63, 3.8) is 0 Å². The molecule has 0 unspecified atom stereocenters. The molecule has 0 saturated heterocycles. The maximum Gasteiger partial charge on any atom is 0.161 e. The normalized spacial score (nSPS) is 17.3. The SMILES string of the molecule is CC(=O)c1ccc(N(CC(C)C)c2sc3c(c2C)C(C)(C)CCC3(C)C)cc1N. The van der Waals surface area contributed by atoms with E-state index in [1.54, 1.807) is 6.92 Å². The zero-order chi connectivity index (χ0) is 21.7. The molecule has 0 aliphatic heterocycles. The number of nitrogens with two attached hydrogens (primary N) is 1. The highest BCUT2D eigenvalue weighted by Crippen LogP contribution is 2.54. The van der Waals surface area contributed by atoms with Gasteiger partial charge in [-0.15, -0.1) is 11.3 Å². The lowest BCUT2D eigenvalue weighted by Gasteiger charge is -2.39. The van der Waals surface area contributed by atoms with Crippen LogP contribution >= 0.6 is 11.3 Å². The number of nitrogens with zero attached hydrogens (tertiary/aromatic N) is 1. The standard InChI is InChI=1S/C25H36N2OS/c1-15(2)14-27(18-9-10-19(17(4)28)20(26)13-18)23-16(3)21-22(29-23)25(7,8)12-11-24(21,5)6/h9-10,13,15H,11-12,14,26H2,1-8H3. The van der Waals surface area contributed by atoms with E-state index in [1.165, 1.54) is 33.8 Å². The van der Waals surface area contributed by atoms with Crippen molar-refractivity contribution >= 4 is 33.5 Å². The summed E-state index contributed by atoms with van der Waals surface area (Å²) in [5.41, 5.74) is 11.8. The minimum atomic E-state index is 0.00993. The van der Waals surface area contributed by atoms with Gasteiger partial charge in [-0.2, -0.15) is 0 Å². The molecular weight excluding hydrogens is 376 g/mol. The van der Waals surface area contributed by atoms with E-state index in [2.05, 4.69) is 53.4 Å². The molecule has 1 aromatic heterocycles. The lowest BCUT2D eigenvalue weighted by atomic mass is 9.66. The molecule has 1 aliphatic rings. The molecule has 1 aliphatic carbocycles. The third-order valence-electron chi connectivity index (χ3n) is 6.31. The summed E-state index contributed by atoms with van der Waals surface area (Å²) in [5, 5.41) is 1.32. The van der Waals surface area contributed by atoms with E-state index < -0.39 is 0 Å². The molecule has 0 saturated carbocycles. The van der Waals surface area contributed by atoms with Crippen molar-refractivity contribution in [2.75, 3.05) is 17.2 Å². The van der Waals surface area contributed by atoms with Gasteiger partial charge in [-0.3, -0.25) is 4.79 Å². The Labute approximate surface area is 180 Å². The van der Waals surface area contributed by atoms with Crippen LogP contribution in [0.2, 0.25) is 0 Å². The lowest BCUT2D eigenvalue weighted by Crippen LogP contribution is -2.32. The highest BCUT2D eigenvalue weighted by Gasteiger charge is 2.41. The molecule has 4 heteroatoms. The van der Waals surface area contributed by atoms with E-state index in [1.807, 2.05) is 29.5 Å². The Morgan fingerprint density at radius 3 is 2.31 bits per heavy atom. The molecule has 0 fully saturated rings. The molecule has 0 amide bonds. The fourth-order valence-electron chi connectivity index (χ4n) is 4.62. The summed E-state index contributed by atoms with van der Waals surface area (Å²) < 4.78 is 0. The van der Waals surface area contributed by atoms with Gasteiger partial charge in [0, 0.05) is 28.4 Å². The van der Waals surface area contributed by atoms with Crippen LogP contribution in [0.25, 0.3) is 0 Å². The first kappa shape index (κ1) is 21.9. The molecule has 29 heavy (non-hydrogen) atoms. The zero-order valence-corrected chi connectivity index (χ0v) is 20.1. The lowest BCUT2D eigenvalue weighted by molar-refractivity contribution is 0.101. The maximum absolute atomic E-state index is 11.8. The van der Waals surface area contributed by atoms with Crippen molar-refractivity contribution in [1.29, 1.82) is 0 Å². The minimum Gasteiger partial charge on any atom is -0.398 e. The van der Waals surface area contributed by atoms with Crippen molar-refractivity contribution in [3.8, 4) is 0 Å². The van der Waals surface area contributed by atoms with Crippen molar-refractivity contribution in [2.45, 2.75) is 79.1 Å². The van der Waals surface area contributed by atoms with Gasteiger partial charge in [-0.1, -0.05) is 41.5 Å². The number of hydrogen-bond donors (Lipinski definition) is 1. The molecule has 1 heterocycles. The Morgan fingerprint density at radius 1 is 1.17 bits per heavy atom. The summed E-state index contributed by atoms with van der Waals surface area (Å²) in [7, 11) is 0. The van der Waals surface area contributed by atoms with Gasteiger partial charge in [0.1, 0.15) is 0 Å². The van der Waals surface area contributed by atoms with E-state index in [9.17, 15) is 4.79 Å². The number of ketones is 1. The predicted octanol–water partition coefficient (Wildman–Crippen LogP) is 6.98. The van der Waals surface area contributed by atoms with Crippen LogP contribution in [0.15, 0.2) is 18.2 Å². The van der Waals surface area contributed by atoms with Gasteiger partial charge >= 0.3 is 0 Å². The number of benzene rings is 1. The third-order valence-corrected chi connectivity index (χ3v) is 7.99. The van der Waals surface area contributed by atoms with Crippen molar-refractivity contribution in [1.82, 2.24) is 0 Å². The van der Waals surface area contributed by atoms with Crippen LogP contribution in [-0.4, -0.2) is 12.3 Å². The molecule has 0 radical (unpaired) electrons. The van der Waals surface area contributed by atoms with Crippen molar-refractivity contribution < 1.29 is 4.79 Å². The fraction of sp³-hybridized carbons (Fsp3) is 0.560. The van der Waals surface area contributed by atoms with Crippen LogP contribution in [-0.2, 0) is 10.8 Å². The largest absolute Gasteiger partial charge is 0.398 e. The summed E-state index contributed by atoms with van der Waals surface area (Å²) in [6, 6.07) is 5.88. The zero-order valence-electron chi connectivity index (χ0n) is 19.3. The summed E-state index contributed by atoms with van der Waals surface area (Å²) in [4.78, 5) is 15.8. The molecule has 3 rings (SSSR count). The van der Waals surface area contributed by atoms with E-state index >= 15 is 0 Å². The van der Waals surface area contributed by atoms with Crippen LogP contribution in [0.1, 0.15) is 87.7 Å². The Hall–Kier alpha value is -1.81. The first-order valence-corrected chi connectivity index (χ1v) is 11.5. The third kappa shape index (κ3) is 3.96. The van der Waals surface area contributed by atoms with E-state index in [-0.39, 0.29) is 16.6 Å². The van der Waals surface area contributed by atoms with E-state index in [0.29, 0.717) is 17.2 Å². The van der Waals surface area contributed by atoms with Gasteiger partial charge in [0.25, 0.3) is 0 Å². The highest BCUT2D eigenvalue weighted by atomic mass is 32.1. The summed E-state index contributed by atoms with van der Waals surface area (Å²) in [6.07, 6.45) is 2.44. The topological polar surface area (TPSA) is 46.3 Å². The smallest absolute Gasteiger partial charge is 0.161 e. The number of nitrogen functional groups attached to an aromatic ring is 1. The Morgan fingerprint density at radius 2 is 1.79 bits per heavy atom. The van der Waals surface area contributed by atoms with Gasteiger partial charge in [0.05, 0.1) is 5.00 Å². The van der Waals surface area contributed by atoms with Gasteiger partial charge in [-0.05, 0) is 72.8 Å². The minimum absolute atomic E-state index is 0.00993. The molecule has 1 aromatic carbocycles. The quantitative estimate of drug-likeness (QED) is 0.425. The fourth-order valence-corrected chi connectivity index (χ4v) is 6.27. The number of rotatable bonds is 5. The molecule has 3 nitrogen and oxygen atoms in total. The van der Waals surface area contributed by atoms with E-state index in [4.69, 9.17) is 5.73 Å². The predicted molar refractivity (Wildman–Crippen MR) is 127 cm³/mol. The van der Waals surface area contributed by atoms with Crippen LogP contribution in [0, 0.1) is 12.8 Å². The van der Waals surface area contributed by atoms with Gasteiger partial charge in [-0.25, -0.2) is 0 Å². The Balaban J connectivity index is 2.18. The number of fused-ring (bicyclic) bond motifs is 1. The van der Waals surface area contributed by atoms with Crippen LogP contribution in [0.3, 0.4) is 0 Å². The molecule has 2 aromatic rings. The number of hydrogen-bond acceptors (Lipinski definition) is 4. The maximum atomic E-state index is 11.8. The molecular formula is C25H36N2OS. The summed E-state index contributed by atoms with van der Waals surface area (Å²) in [6.45, 7) is 18.8. The van der Waals surface area contributed by atoms with Gasteiger partial charge in [0.2, 0.25) is 0 Å². The van der Waals surface area contributed by atoms with E-state index in [0.717, 1.165) is 12.2 Å². The molecule has 0 bridgehead atoms. The van der Waals surface area contributed by atoms with Crippen LogP contribution in [0.5, 0.6) is 0 Å². The summed E-state index contributed by atoms with van der Waals surface area (Å²) in [5.74, 6) is 0.513. The molecule has 158 valence electrons. The number of Topliss-reactive ketones (excluding diaryl/α,β-unsaturated/α-hetero) is 1. The highest BCUT2D eigenvalue weighted by molar-refractivity contribution is 7.16. The average Bonchev–Trinajstić information content (AvgIpc) is 2.96. The molecule has 0 atom stereocenters. The monoisotopic (exact) mass is 412 g/mol. The van der Waals surface area contributed by atoms with Crippen molar-refractivity contribution in [3.05, 3.63) is 39.8 Å². The Kier molecular flexibility index (Phi) is 5.63.